The van der Waals surface area contributed by atoms with Crippen molar-refractivity contribution >= 4 is 29.1 Å². The van der Waals surface area contributed by atoms with Crippen LogP contribution in [0.4, 0.5) is 5.69 Å². The molecule has 1 aliphatic carbocycles. The highest BCUT2D eigenvalue weighted by Gasteiger charge is 2.48. The average Bonchev–Trinajstić information content (AvgIpc) is 2.86. The van der Waals surface area contributed by atoms with Crippen LogP contribution in [-0.2, 0) is 9.59 Å². The minimum absolute atomic E-state index is 0.0000309. The molecule has 1 saturated heterocycles. The Hall–Kier alpha value is -1.55. The van der Waals surface area contributed by atoms with Gasteiger partial charge in [-0.2, -0.15) is 0 Å². The molecule has 1 aromatic carbocycles. The molecule has 1 saturated carbocycles. The van der Waals surface area contributed by atoms with Gasteiger partial charge in [0.2, 0.25) is 5.91 Å². The Bertz CT molecular complexity index is 579. The first kappa shape index (κ1) is 13.4. The van der Waals surface area contributed by atoms with Gasteiger partial charge in [0.05, 0.1) is 0 Å². The molecule has 1 aromatic rings. The molecular formula is C15H17ClN2O2. The van der Waals surface area contributed by atoms with Crippen LogP contribution in [0.25, 0.3) is 0 Å². The summed E-state index contributed by atoms with van der Waals surface area (Å²) in [7, 11) is 0. The highest BCUT2D eigenvalue weighted by atomic mass is 35.5. The Morgan fingerprint density at radius 3 is 2.65 bits per heavy atom. The van der Waals surface area contributed by atoms with Crippen molar-refractivity contribution in [2.75, 3.05) is 11.4 Å². The van der Waals surface area contributed by atoms with Crippen molar-refractivity contribution in [1.29, 1.82) is 0 Å². The highest BCUT2D eigenvalue weighted by molar-refractivity contribution is 6.31. The van der Waals surface area contributed by atoms with Crippen molar-refractivity contribution < 1.29 is 9.59 Å². The van der Waals surface area contributed by atoms with E-state index in [1.165, 1.54) is 0 Å². The summed E-state index contributed by atoms with van der Waals surface area (Å²) < 4.78 is 0. The second-order valence-corrected chi connectivity index (χ2v) is 6.10. The van der Waals surface area contributed by atoms with E-state index in [2.05, 4.69) is 5.32 Å². The van der Waals surface area contributed by atoms with E-state index < -0.39 is 5.54 Å². The van der Waals surface area contributed by atoms with Gasteiger partial charge < -0.3 is 10.2 Å². The van der Waals surface area contributed by atoms with Crippen LogP contribution in [0.15, 0.2) is 18.2 Å². The van der Waals surface area contributed by atoms with Crippen molar-refractivity contribution in [1.82, 2.24) is 5.32 Å². The van der Waals surface area contributed by atoms with Crippen LogP contribution in [0.2, 0.25) is 5.02 Å². The van der Waals surface area contributed by atoms with Gasteiger partial charge in [0.15, 0.2) is 0 Å². The van der Waals surface area contributed by atoms with Crippen LogP contribution in [-0.4, -0.2) is 23.9 Å². The number of nitrogens with zero attached hydrogens (tertiary/aromatic N) is 1. The zero-order chi connectivity index (χ0) is 14.3. The van der Waals surface area contributed by atoms with E-state index in [1.807, 2.05) is 13.0 Å². The van der Waals surface area contributed by atoms with E-state index in [0.717, 1.165) is 36.9 Å². The second-order valence-electron chi connectivity index (χ2n) is 5.66. The summed E-state index contributed by atoms with van der Waals surface area (Å²) in [6.07, 6.45) is 3.42. The normalized spacial score (nSPS) is 21.4. The lowest BCUT2D eigenvalue weighted by Crippen LogP contribution is -2.65. The van der Waals surface area contributed by atoms with E-state index in [9.17, 15) is 9.59 Å². The monoisotopic (exact) mass is 292 g/mol. The summed E-state index contributed by atoms with van der Waals surface area (Å²) in [6, 6.07) is 5.43. The molecule has 0 radical (unpaired) electrons. The van der Waals surface area contributed by atoms with Crippen LogP contribution in [0.3, 0.4) is 0 Å². The molecule has 2 amide bonds. The van der Waals surface area contributed by atoms with E-state index in [0.29, 0.717) is 5.02 Å². The first-order valence-corrected chi connectivity index (χ1v) is 7.29. The summed E-state index contributed by atoms with van der Waals surface area (Å²) >= 11 is 6.03. The topological polar surface area (TPSA) is 49.4 Å². The number of halogens is 1. The summed E-state index contributed by atoms with van der Waals surface area (Å²) in [5.41, 5.74) is 0.999. The molecule has 1 heterocycles. The van der Waals surface area contributed by atoms with Crippen molar-refractivity contribution in [2.45, 2.75) is 38.1 Å². The number of amides is 2. The molecule has 4 nitrogen and oxygen atoms in total. The molecule has 2 fully saturated rings. The first-order chi connectivity index (χ1) is 9.52. The van der Waals surface area contributed by atoms with Crippen molar-refractivity contribution in [2.24, 2.45) is 0 Å². The molecule has 2 aliphatic rings. The number of benzene rings is 1. The fourth-order valence-corrected chi connectivity index (χ4v) is 3.39. The summed E-state index contributed by atoms with van der Waals surface area (Å²) in [5, 5.41) is 3.49. The second kappa shape index (κ2) is 4.77. The molecule has 20 heavy (non-hydrogen) atoms. The molecule has 0 unspecified atom stereocenters. The van der Waals surface area contributed by atoms with E-state index >= 15 is 0 Å². The summed E-state index contributed by atoms with van der Waals surface area (Å²) in [4.78, 5) is 26.4. The van der Waals surface area contributed by atoms with Gasteiger partial charge in [-0.3, -0.25) is 9.59 Å². The molecular weight excluding hydrogens is 276 g/mol. The Labute approximate surface area is 123 Å². The van der Waals surface area contributed by atoms with E-state index in [1.54, 1.807) is 17.0 Å². The van der Waals surface area contributed by atoms with Crippen LogP contribution < -0.4 is 10.2 Å². The Morgan fingerprint density at radius 2 is 1.95 bits per heavy atom. The number of hydrogen-bond acceptors (Lipinski definition) is 2. The van der Waals surface area contributed by atoms with Crippen LogP contribution in [0, 0.1) is 6.92 Å². The third-order valence-corrected chi connectivity index (χ3v) is 4.49. The Balaban J connectivity index is 2.02. The maximum Gasteiger partial charge on any atom is 0.253 e. The third kappa shape index (κ3) is 2.08. The number of rotatable bonds is 1. The number of aryl methyl sites for hydroxylation is 1. The van der Waals surface area contributed by atoms with Gasteiger partial charge in [0.1, 0.15) is 12.1 Å². The van der Waals surface area contributed by atoms with Crippen molar-refractivity contribution in [3.05, 3.63) is 28.8 Å². The zero-order valence-electron chi connectivity index (χ0n) is 11.4. The maximum atomic E-state index is 12.8. The standard InChI is InChI=1S/C15H17ClN2O2/c1-10-4-5-11(16)8-12(10)18-9-13(19)17-15(14(18)20)6-2-3-7-15/h4-5,8H,2-3,6-7,9H2,1H3,(H,17,19). The van der Waals surface area contributed by atoms with Gasteiger partial charge in [0, 0.05) is 10.7 Å². The number of carbonyl (C=O) groups excluding carboxylic acids is 2. The Morgan fingerprint density at radius 1 is 1.25 bits per heavy atom. The van der Waals surface area contributed by atoms with E-state index in [-0.39, 0.29) is 18.4 Å². The lowest BCUT2D eigenvalue weighted by molar-refractivity contribution is -0.135. The third-order valence-electron chi connectivity index (χ3n) is 4.25. The minimum atomic E-state index is -0.690. The molecule has 106 valence electrons. The van der Waals surface area contributed by atoms with Crippen LogP contribution >= 0.6 is 11.6 Å². The van der Waals surface area contributed by atoms with Gasteiger partial charge in [-0.05, 0) is 37.5 Å². The molecule has 0 bridgehead atoms. The number of anilines is 1. The summed E-state index contributed by atoms with van der Waals surface area (Å²) in [5.74, 6) is -0.0918. The molecule has 5 heteroatoms. The molecule has 1 aliphatic heterocycles. The fourth-order valence-electron chi connectivity index (χ4n) is 3.22. The highest BCUT2D eigenvalue weighted by Crippen LogP contribution is 2.36. The average molecular weight is 293 g/mol. The maximum absolute atomic E-state index is 12.8. The Kier molecular flexibility index (Phi) is 3.21. The fraction of sp³-hybridized carbons (Fsp3) is 0.467. The number of hydrogen-bond donors (Lipinski definition) is 1. The van der Waals surface area contributed by atoms with Gasteiger partial charge >= 0.3 is 0 Å². The van der Waals surface area contributed by atoms with Crippen LogP contribution in [0.1, 0.15) is 31.2 Å². The largest absolute Gasteiger partial charge is 0.340 e. The predicted octanol–water partition coefficient (Wildman–Crippen LogP) is 2.42. The van der Waals surface area contributed by atoms with E-state index in [4.69, 9.17) is 11.6 Å². The lowest BCUT2D eigenvalue weighted by atomic mass is 9.92. The van der Waals surface area contributed by atoms with Gasteiger partial charge in [0.25, 0.3) is 5.91 Å². The first-order valence-electron chi connectivity index (χ1n) is 6.91. The molecule has 0 atom stereocenters. The smallest absolute Gasteiger partial charge is 0.253 e. The molecule has 1 spiro atoms. The van der Waals surface area contributed by atoms with Crippen molar-refractivity contribution in [3.63, 3.8) is 0 Å². The number of nitrogens with one attached hydrogen (secondary N) is 1. The minimum Gasteiger partial charge on any atom is -0.340 e. The predicted molar refractivity (Wildman–Crippen MR) is 77.9 cm³/mol. The van der Waals surface area contributed by atoms with Crippen LogP contribution in [0.5, 0.6) is 0 Å². The zero-order valence-corrected chi connectivity index (χ0v) is 12.2. The number of piperazine rings is 1. The summed E-state index contributed by atoms with van der Waals surface area (Å²) in [6.45, 7) is 1.99. The number of carbonyl (C=O) groups is 2. The van der Waals surface area contributed by atoms with Crippen molar-refractivity contribution in [3.8, 4) is 0 Å². The van der Waals surface area contributed by atoms with Gasteiger partial charge in [-0.25, -0.2) is 0 Å². The molecule has 0 aromatic heterocycles. The quantitative estimate of drug-likeness (QED) is 0.864. The van der Waals surface area contributed by atoms with Gasteiger partial charge in [-0.1, -0.05) is 30.5 Å². The molecule has 1 N–H and O–H groups in total. The molecule has 3 rings (SSSR count). The van der Waals surface area contributed by atoms with Gasteiger partial charge in [-0.15, -0.1) is 0 Å². The lowest BCUT2D eigenvalue weighted by Gasteiger charge is -2.40. The SMILES string of the molecule is Cc1ccc(Cl)cc1N1CC(=O)NC2(CCCC2)C1=O.